The summed E-state index contributed by atoms with van der Waals surface area (Å²) < 4.78 is 31.7. The lowest BCUT2D eigenvalue weighted by Gasteiger charge is -2.10. The molecule has 8 heteroatoms. The lowest BCUT2D eigenvalue weighted by atomic mass is 10.2. The van der Waals surface area contributed by atoms with Crippen molar-refractivity contribution in [1.29, 1.82) is 0 Å². The molecular weight excluding hydrogens is 296 g/mol. The summed E-state index contributed by atoms with van der Waals surface area (Å²) in [6, 6.07) is 4.42. The number of carboxylic acids is 1. The molecule has 1 rings (SSSR count). The Balaban J connectivity index is 2.56. The van der Waals surface area contributed by atoms with Gasteiger partial charge in [-0.25, -0.2) is 13.1 Å². The second kappa shape index (κ2) is 7.84. The molecule has 0 aliphatic heterocycles. The standard InChI is InChI=1S/C13H20N2O5S/c1-20-10-6-7-11(14)12(9-10)21(18,19)15-8-4-2-3-5-13(16)17/h6-7,9,15H,2-5,8,14H2,1H3,(H,16,17). The first-order chi connectivity index (χ1) is 9.86. The van der Waals surface area contributed by atoms with Gasteiger partial charge in [-0.2, -0.15) is 0 Å². The molecule has 0 atom stereocenters. The van der Waals surface area contributed by atoms with Gasteiger partial charge in [0.15, 0.2) is 0 Å². The van der Waals surface area contributed by atoms with Crippen LogP contribution in [0.3, 0.4) is 0 Å². The maximum Gasteiger partial charge on any atom is 0.303 e. The van der Waals surface area contributed by atoms with E-state index in [0.29, 0.717) is 25.0 Å². The topological polar surface area (TPSA) is 119 Å². The number of carboxylic acid groups (broad SMARTS) is 1. The number of nitrogen functional groups attached to an aromatic ring is 1. The SMILES string of the molecule is COc1ccc(N)c(S(=O)(=O)NCCCCCC(=O)O)c1. The largest absolute Gasteiger partial charge is 0.497 e. The number of hydrogen-bond donors (Lipinski definition) is 3. The van der Waals surface area contributed by atoms with Crippen molar-refractivity contribution in [1.82, 2.24) is 4.72 Å². The Kier molecular flexibility index (Phi) is 6.44. The second-order valence-corrected chi connectivity index (χ2v) is 6.24. The fourth-order valence-electron chi connectivity index (χ4n) is 1.74. The monoisotopic (exact) mass is 316 g/mol. The van der Waals surface area contributed by atoms with Gasteiger partial charge < -0.3 is 15.6 Å². The highest BCUT2D eigenvalue weighted by Gasteiger charge is 2.17. The summed E-state index contributed by atoms with van der Waals surface area (Å²) in [6.45, 7) is 0.235. The van der Waals surface area contributed by atoms with Crippen LogP contribution in [0.15, 0.2) is 23.1 Å². The molecule has 0 aliphatic rings. The minimum absolute atomic E-state index is 0.0209. The number of rotatable bonds is 9. The number of nitrogens with one attached hydrogen (secondary N) is 1. The Morgan fingerprint density at radius 2 is 2.05 bits per heavy atom. The maximum absolute atomic E-state index is 12.1. The second-order valence-electron chi connectivity index (χ2n) is 4.51. The first-order valence-electron chi connectivity index (χ1n) is 6.52. The normalized spacial score (nSPS) is 11.3. The fraction of sp³-hybridized carbons (Fsp3) is 0.462. The number of carbonyl (C=O) groups is 1. The van der Waals surface area contributed by atoms with Gasteiger partial charge in [0.1, 0.15) is 10.6 Å². The third kappa shape index (κ3) is 5.60. The van der Waals surface area contributed by atoms with Crippen molar-refractivity contribution in [3.63, 3.8) is 0 Å². The number of unbranched alkanes of at least 4 members (excludes halogenated alkanes) is 2. The minimum Gasteiger partial charge on any atom is -0.497 e. The van der Waals surface area contributed by atoms with Crippen LogP contribution in [0.5, 0.6) is 5.75 Å². The van der Waals surface area contributed by atoms with Gasteiger partial charge in [0.05, 0.1) is 12.8 Å². The van der Waals surface area contributed by atoms with Gasteiger partial charge in [-0.1, -0.05) is 6.42 Å². The maximum atomic E-state index is 12.1. The molecule has 0 spiro atoms. The number of anilines is 1. The predicted octanol–water partition coefficient (Wildman–Crippen LogP) is 1.20. The van der Waals surface area contributed by atoms with E-state index in [1.54, 1.807) is 6.07 Å². The van der Waals surface area contributed by atoms with Crippen LogP contribution in [0.25, 0.3) is 0 Å². The molecule has 1 aromatic rings. The van der Waals surface area contributed by atoms with Crippen LogP contribution >= 0.6 is 0 Å². The Labute approximate surface area is 124 Å². The quantitative estimate of drug-likeness (QED) is 0.465. The Morgan fingerprint density at radius 3 is 2.67 bits per heavy atom. The molecule has 0 amide bonds. The summed E-state index contributed by atoms with van der Waals surface area (Å²) in [5.74, 6) is -0.439. The van der Waals surface area contributed by atoms with Gasteiger partial charge in [0.25, 0.3) is 0 Å². The zero-order valence-electron chi connectivity index (χ0n) is 11.8. The summed E-state index contributed by atoms with van der Waals surface area (Å²) in [7, 11) is -2.26. The molecule has 118 valence electrons. The van der Waals surface area contributed by atoms with E-state index in [-0.39, 0.29) is 23.5 Å². The number of benzene rings is 1. The predicted molar refractivity (Wildman–Crippen MR) is 78.7 cm³/mol. The summed E-state index contributed by atoms with van der Waals surface area (Å²) in [4.78, 5) is 10.3. The average molecular weight is 316 g/mol. The summed E-state index contributed by atoms with van der Waals surface area (Å²) in [6.07, 6.45) is 1.83. The molecule has 4 N–H and O–H groups in total. The highest BCUT2D eigenvalue weighted by atomic mass is 32.2. The number of methoxy groups -OCH3 is 1. The lowest BCUT2D eigenvalue weighted by molar-refractivity contribution is -0.137. The molecule has 1 aromatic carbocycles. The number of hydrogen-bond acceptors (Lipinski definition) is 5. The number of ether oxygens (including phenoxy) is 1. The molecule has 21 heavy (non-hydrogen) atoms. The number of nitrogens with two attached hydrogens (primary N) is 1. The van der Waals surface area contributed by atoms with E-state index in [4.69, 9.17) is 15.6 Å². The van der Waals surface area contributed by atoms with Gasteiger partial charge in [0, 0.05) is 19.0 Å². The van der Waals surface area contributed by atoms with E-state index in [1.165, 1.54) is 19.2 Å². The summed E-state index contributed by atoms with van der Waals surface area (Å²) in [5.41, 5.74) is 5.82. The number of aliphatic carboxylic acids is 1. The van der Waals surface area contributed by atoms with Crippen molar-refractivity contribution in [2.24, 2.45) is 0 Å². The molecule has 0 unspecified atom stereocenters. The van der Waals surface area contributed by atoms with E-state index >= 15 is 0 Å². The van der Waals surface area contributed by atoms with Gasteiger partial charge in [-0.05, 0) is 25.0 Å². The van der Waals surface area contributed by atoms with Crippen LogP contribution in [0.4, 0.5) is 5.69 Å². The van der Waals surface area contributed by atoms with Crippen LogP contribution in [0, 0.1) is 0 Å². The molecule has 0 radical (unpaired) electrons. The first kappa shape index (κ1) is 17.3. The van der Waals surface area contributed by atoms with Crippen LogP contribution in [-0.4, -0.2) is 33.1 Å². The zero-order valence-corrected chi connectivity index (χ0v) is 12.6. The van der Waals surface area contributed by atoms with Crippen molar-refractivity contribution in [2.45, 2.75) is 30.6 Å². The van der Waals surface area contributed by atoms with Crippen molar-refractivity contribution in [2.75, 3.05) is 19.4 Å². The first-order valence-corrected chi connectivity index (χ1v) is 8.00. The molecular formula is C13H20N2O5S. The van der Waals surface area contributed by atoms with E-state index in [1.807, 2.05) is 0 Å². The minimum atomic E-state index is -3.70. The van der Waals surface area contributed by atoms with Crippen LogP contribution in [0.1, 0.15) is 25.7 Å². The van der Waals surface area contributed by atoms with Gasteiger partial charge in [0.2, 0.25) is 10.0 Å². The van der Waals surface area contributed by atoms with Crippen molar-refractivity contribution < 1.29 is 23.1 Å². The molecule has 7 nitrogen and oxygen atoms in total. The van der Waals surface area contributed by atoms with Gasteiger partial charge in [-0.15, -0.1) is 0 Å². The molecule has 0 saturated carbocycles. The summed E-state index contributed by atoms with van der Waals surface area (Å²) in [5, 5.41) is 8.49. The Morgan fingerprint density at radius 1 is 1.33 bits per heavy atom. The van der Waals surface area contributed by atoms with E-state index in [2.05, 4.69) is 4.72 Å². The van der Waals surface area contributed by atoms with Crippen molar-refractivity contribution in [3.8, 4) is 5.75 Å². The van der Waals surface area contributed by atoms with Crippen LogP contribution < -0.4 is 15.2 Å². The van der Waals surface area contributed by atoms with Crippen molar-refractivity contribution >= 4 is 21.7 Å². The van der Waals surface area contributed by atoms with E-state index in [9.17, 15) is 13.2 Å². The number of sulfonamides is 1. The zero-order chi connectivity index (χ0) is 15.9. The third-order valence-electron chi connectivity index (χ3n) is 2.87. The molecule has 0 heterocycles. The average Bonchev–Trinajstić information content (AvgIpc) is 2.42. The molecule has 0 saturated heterocycles. The van der Waals surface area contributed by atoms with Gasteiger partial charge >= 0.3 is 5.97 Å². The van der Waals surface area contributed by atoms with Gasteiger partial charge in [-0.3, -0.25) is 4.79 Å². The third-order valence-corrected chi connectivity index (χ3v) is 4.39. The van der Waals surface area contributed by atoms with E-state index in [0.717, 1.165) is 0 Å². The van der Waals surface area contributed by atoms with Crippen LogP contribution in [0.2, 0.25) is 0 Å². The molecule has 0 fully saturated rings. The fourth-order valence-corrected chi connectivity index (χ4v) is 2.95. The van der Waals surface area contributed by atoms with Crippen molar-refractivity contribution in [3.05, 3.63) is 18.2 Å². The molecule has 0 aromatic heterocycles. The highest BCUT2D eigenvalue weighted by Crippen LogP contribution is 2.23. The smallest absolute Gasteiger partial charge is 0.303 e. The summed E-state index contributed by atoms with van der Waals surface area (Å²) >= 11 is 0. The Bertz CT molecular complexity index is 586. The lowest BCUT2D eigenvalue weighted by Crippen LogP contribution is -2.25. The molecule has 0 aliphatic carbocycles. The molecule has 0 bridgehead atoms. The van der Waals surface area contributed by atoms with E-state index < -0.39 is 16.0 Å². The Hall–Kier alpha value is -1.80. The van der Waals surface area contributed by atoms with Crippen LogP contribution in [-0.2, 0) is 14.8 Å². The highest BCUT2D eigenvalue weighted by molar-refractivity contribution is 7.89.